The van der Waals surface area contributed by atoms with Gasteiger partial charge >= 0.3 is 0 Å². The van der Waals surface area contributed by atoms with Crippen LogP contribution in [0.25, 0.3) is 0 Å². The molecule has 0 aromatic heterocycles. The van der Waals surface area contributed by atoms with E-state index in [4.69, 9.17) is 4.74 Å². The van der Waals surface area contributed by atoms with E-state index in [1.54, 1.807) is 0 Å². The maximum atomic E-state index is 5.76. The summed E-state index contributed by atoms with van der Waals surface area (Å²) >= 11 is 0. The second kappa shape index (κ2) is 11.8. The molecule has 0 atom stereocenters. The quantitative estimate of drug-likeness (QED) is 0.547. The molecule has 2 nitrogen and oxygen atoms in total. The third-order valence-electron chi connectivity index (χ3n) is 3.48. The molecule has 0 saturated heterocycles. The van der Waals surface area contributed by atoms with Crippen LogP contribution in [-0.4, -0.2) is 13.2 Å². The normalized spacial score (nSPS) is 10.7. The first-order valence-corrected chi connectivity index (χ1v) is 8.29. The molecule has 1 rings (SSSR count). The highest BCUT2D eigenvalue weighted by Gasteiger charge is 1.96. The zero-order chi connectivity index (χ0) is 14.5. The fourth-order valence-electron chi connectivity index (χ4n) is 2.13. The molecule has 0 heterocycles. The van der Waals surface area contributed by atoms with Crippen LogP contribution >= 0.6 is 0 Å². The van der Waals surface area contributed by atoms with Crippen LogP contribution in [0.1, 0.15) is 64.4 Å². The average molecular weight is 277 g/mol. The van der Waals surface area contributed by atoms with Crippen molar-refractivity contribution in [2.45, 2.75) is 65.3 Å². The number of nitrogens with one attached hydrogen (secondary N) is 1. The molecule has 0 amide bonds. The lowest BCUT2D eigenvalue weighted by Crippen LogP contribution is -2.14. The summed E-state index contributed by atoms with van der Waals surface area (Å²) in [5.41, 5.74) is 1.33. The molecule has 1 aromatic rings. The molecule has 0 spiro atoms. The van der Waals surface area contributed by atoms with E-state index in [-0.39, 0.29) is 0 Å². The van der Waals surface area contributed by atoms with Gasteiger partial charge in [0.05, 0.1) is 6.61 Å². The zero-order valence-electron chi connectivity index (χ0n) is 13.3. The maximum Gasteiger partial charge on any atom is 0.119 e. The standard InChI is InChI=1S/C18H31NO/c1-3-5-7-8-9-15-20-18-12-10-17(11-13-18)16-19-14-6-4-2/h10-13,19H,3-9,14-16H2,1-2H3. The fourth-order valence-corrected chi connectivity index (χ4v) is 2.13. The molecule has 1 N–H and O–H groups in total. The highest BCUT2D eigenvalue weighted by atomic mass is 16.5. The Balaban J connectivity index is 2.12. The number of ether oxygens (including phenoxy) is 1. The van der Waals surface area contributed by atoms with Crippen LogP contribution in [0.2, 0.25) is 0 Å². The molecule has 1 aromatic carbocycles. The average Bonchev–Trinajstić information content (AvgIpc) is 2.49. The van der Waals surface area contributed by atoms with Crippen molar-refractivity contribution in [3.8, 4) is 5.75 Å². The highest BCUT2D eigenvalue weighted by Crippen LogP contribution is 2.13. The molecule has 0 saturated carbocycles. The smallest absolute Gasteiger partial charge is 0.119 e. The van der Waals surface area contributed by atoms with Crippen molar-refractivity contribution in [3.63, 3.8) is 0 Å². The number of benzene rings is 1. The number of hydrogen-bond donors (Lipinski definition) is 1. The first kappa shape index (κ1) is 17.0. The Kier molecular flexibility index (Phi) is 10.0. The molecule has 20 heavy (non-hydrogen) atoms. The van der Waals surface area contributed by atoms with Gasteiger partial charge in [-0.25, -0.2) is 0 Å². The summed E-state index contributed by atoms with van der Waals surface area (Å²) in [7, 11) is 0. The lowest BCUT2D eigenvalue weighted by molar-refractivity contribution is 0.304. The molecule has 0 aliphatic heterocycles. The molecule has 0 bridgehead atoms. The second-order valence-corrected chi connectivity index (χ2v) is 5.44. The minimum absolute atomic E-state index is 0.845. The third kappa shape index (κ3) is 8.21. The summed E-state index contributed by atoms with van der Waals surface area (Å²) in [6.07, 6.45) is 8.93. The van der Waals surface area contributed by atoms with Crippen LogP contribution in [-0.2, 0) is 6.54 Å². The molecular formula is C18H31NO. The largest absolute Gasteiger partial charge is 0.494 e. The van der Waals surface area contributed by atoms with Gasteiger partial charge in [0.1, 0.15) is 5.75 Å². The summed E-state index contributed by atoms with van der Waals surface area (Å²) in [6.45, 7) is 7.37. The van der Waals surface area contributed by atoms with Gasteiger partial charge in [-0.3, -0.25) is 0 Å². The second-order valence-electron chi connectivity index (χ2n) is 5.44. The highest BCUT2D eigenvalue weighted by molar-refractivity contribution is 5.27. The van der Waals surface area contributed by atoms with Crippen molar-refractivity contribution in [3.05, 3.63) is 29.8 Å². The molecular weight excluding hydrogens is 246 g/mol. The summed E-state index contributed by atoms with van der Waals surface area (Å²) in [5, 5.41) is 3.45. The lowest BCUT2D eigenvalue weighted by Gasteiger charge is -2.08. The van der Waals surface area contributed by atoms with E-state index < -0.39 is 0 Å². The van der Waals surface area contributed by atoms with Crippen molar-refractivity contribution in [1.29, 1.82) is 0 Å². The van der Waals surface area contributed by atoms with E-state index in [1.165, 1.54) is 50.5 Å². The Hall–Kier alpha value is -1.02. The maximum absolute atomic E-state index is 5.76. The molecule has 0 fully saturated rings. The van der Waals surface area contributed by atoms with Gasteiger partial charge in [-0.2, -0.15) is 0 Å². The predicted octanol–water partition coefficient (Wildman–Crippen LogP) is 4.93. The van der Waals surface area contributed by atoms with E-state index in [1.807, 2.05) is 0 Å². The summed E-state index contributed by atoms with van der Waals surface area (Å²) in [5.74, 6) is 0.998. The third-order valence-corrected chi connectivity index (χ3v) is 3.48. The zero-order valence-corrected chi connectivity index (χ0v) is 13.3. The molecule has 0 aliphatic rings. The van der Waals surface area contributed by atoms with E-state index in [0.29, 0.717) is 0 Å². The molecule has 2 heteroatoms. The Labute approximate surface area is 124 Å². The minimum atomic E-state index is 0.845. The Morgan fingerprint density at radius 3 is 2.25 bits per heavy atom. The van der Waals surface area contributed by atoms with Crippen molar-refractivity contribution in [2.75, 3.05) is 13.2 Å². The minimum Gasteiger partial charge on any atom is -0.494 e. The number of unbranched alkanes of at least 4 members (excludes halogenated alkanes) is 5. The summed E-state index contributed by atoms with van der Waals surface area (Å²) in [4.78, 5) is 0. The summed E-state index contributed by atoms with van der Waals surface area (Å²) in [6, 6.07) is 8.49. The fraction of sp³-hybridized carbons (Fsp3) is 0.667. The topological polar surface area (TPSA) is 21.3 Å². The van der Waals surface area contributed by atoms with Crippen molar-refractivity contribution >= 4 is 0 Å². The van der Waals surface area contributed by atoms with Gasteiger partial charge in [-0.05, 0) is 37.1 Å². The van der Waals surface area contributed by atoms with Gasteiger partial charge in [0.25, 0.3) is 0 Å². The van der Waals surface area contributed by atoms with Gasteiger partial charge in [-0.1, -0.05) is 58.1 Å². The Bertz CT molecular complexity index is 321. The van der Waals surface area contributed by atoms with E-state index >= 15 is 0 Å². The molecule has 114 valence electrons. The van der Waals surface area contributed by atoms with Crippen LogP contribution in [0.4, 0.5) is 0 Å². The van der Waals surface area contributed by atoms with Crippen molar-refractivity contribution in [2.24, 2.45) is 0 Å². The molecule has 0 aliphatic carbocycles. The van der Waals surface area contributed by atoms with Crippen LogP contribution in [0, 0.1) is 0 Å². The van der Waals surface area contributed by atoms with Crippen molar-refractivity contribution < 1.29 is 4.74 Å². The first-order valence-electron chi connectivity index (χ1n) is 8.29. The molecule has 0 unspecified atom stereocenters. The van der Waals surface area contributed by atoms with Crippen LogP contribution in [0.15, 0.2) is 24.3 Å². The van der Waals surface area contributed by atoms with Crippen LogP contribution in [0.3, 0.4) is 0 Å². The monoisotopic (exact) mass is 277 g/mol. The number of rotatable bonds is 12. The first-order chi connectivity index (χ1) is 9.86. The van der Waals surface area contributed by atoms with E-state index in [2.05, 4.69) is 43.4 Å². The van der Waals surface area contributed by atoms with Gasteiger partial charge < -0.3 is 10.1 Å². The van der Waals surface area contributed by atoms with Crippen LogP contribution < -0.4 is 10.1 Å². The van der Waals surface area contributed by atoms with Gasteiger partial charge in [0.2, 0.25) is 0 Å². The van der Waals surface area contributed by atoms with Crippen LogP contribution in [0.5, 0.6) is 5.75 Å². The van der Waals surface area contributed by atoms with E-state index in [9.17, 15) is 0 Å². The number of hydrogen-bond acceptors (Lipinski definition) is 2. The predicted molar refractivity (Wildman–Crippen MR) is 87.3 cm³/mol. The van der Waals surface area contributed by atoms with Crippen molar-refractivity contribution in [1.82, 2.24) is 5.32 Å². The molecule has 0 radical (unpaired) electrons. The Morgan fingerprint density at radius 2 is 1.55 bits per heavy atom. The van der Waals surface area contributed by atoms with Gasteiger partial charge in [0, 0.05) is 6.54 Å². The summed E-state index contributed by atoms with van der Waals surface area (Å²) < 4.78 is 5.76. The lowest BCUT2D eigenvalue weighted by atomic mass is 10.2. The van der Waals surface area contributed by atoms with E-state index in [0.717, 1.165) is 25.4 Å². The van der Waals surface area contributed by atoms with Gasteiger partial charge in [-0.15, -0.1) is 0 Å². The Morgan fingerprint density at radius 1 is 0.850 bits per heavy atom. The SMILES string of the molecule is CCCCCCCOc1ccc(CNCCCC)cc1. The van der Waals surface area contributed by atoms with Gasteiger partial charge in [0.15, 0.2) is 0 Å².